The third kappa shape index (κ3) is 6.73. The van der Waals surface area contributed by atoms with Gasteiger partial charge in [0, 0.05) is 18.3 Å². The van der Waals surface area contributed by atoms with Gasteiger partial charge in [0.25, 0.3) is 0 Å². The van der Waals surface area contributed by atoms with Crippen LogP contribution in [0, 0.1) is 0 Å². The fraction of sp³-hybridized carbons (Fsp3) is 0.308. The first kappa shape index (κ1) is 21.6. The Balaban J connectivity index is 1.40. The maximum absolute atomic E-state index is 6.02. The molecule has 0 fully saturated rings. The van der Waals surface area contributed by atoms with Crippen molar-refractivity contribution in [2.45, 2.75) is 26.2 Å². The molecule has 0 aliphatic heterocycles. The molecule has 1 atom stereocenters. The Hall–Kier alpha value is -3.14. The molecule has 0 bridgehead atoms. The average Bonchev–Trinajstić information content (AvgIpc) is 2.80. The molecule has 0 aliphatic rings. The Labute approximate surface area is 179 Å². The number of hydrogen-bond donors (Lipinski definition) is 1. The molecular formula is C26H31NO3. The molecule has 0 heterocycles. The van der Waals surface area contributed by atoms with Gasteiger partial charge < -0.3 is 19.5 Å². The monoisotopic (exact) mass is 405 g/mol. The highest BCUT2D eigenvalue weighted by molar-refractivity contribution is 5.48. The smallest absolute Gasteiger partial charge is 0.122 e. The number of rotatable bonds is 12. The number of nitrogens with one attached hydrogen (secondary N) is 1. The molecule has 4 heteroatoms. The van der Waals surface area contributed by atoms with E-state index in [9.17, 15) is 0 Å². The standard InChI is InChI=1S/C26H31NO3/c1-3-21(2)25-14-7-8-15-26(25)30-17-16-27-22-10-9-13-24(20-22)29-19-18-28-23-11-5-4-6-12-23/h4-15,20-21,27H,3,16-19H2,1-2H3/t21-/m1/s1. The summed E-state index contributed by atoms with van der Waals surface area (Å²) >= 11 is 0. The topological polar surface area (TPSA) is 39.7 Å². The maximum Gasteiger partial charge on any atom is 0.122 e. The van der Waals surface area contributed by atoms with E-state index < -0.39 is 0 Å². The van der Waals surface area contributed by atoms with Gasteiger partial charge in [0.05, 0.1) is 0 Å². The van der Waals surface area contributed by atoms with Crippen LogP contribution in [0.2, 0.25) is 0 Å². The number of benzene rings is 3. The van der Waals surface area contributed by atoms with E-state index in [1.807, 2.05) is 66.7 Å². The van der Waals surface area contributed by atoms with Crippen molar-refractivity contribution in [3.05, 3.63) is 84.4 Å². The Morgan fingerprint density at radius 3 is 2.23 bits per heavy atom. The van der Waals surface area contributed by atoms with Crippen LogP contribution in [0.1, 0.15) is 31.7 Å². The molecule has 3 rings (SSSR count). The quantitative estimate of drug-likeness (QED) is 0.367. The molecule has 0 saturated heterocycles. The van der Waals surface area contributed by atoms with Crippen LogP contribution in [0.4, 0.5) is 5.69 Å². The Morgan fingerprint density at radius 2 is 1.43 bits per heavy atom. The van der Waals surface area contributed by atoms with Gasteiger partial charge >= 0.3 is 0 Å². The first-order valence-corrected chi connectivity index (χ1v) is 10.6. The predicted molar refractivity (Wildman–Crippen MR) is 123 cm³/mol. The highest BCUT2D eigenvalue weighted by Crippen LogP contribution is 2.28. The van der Waals surface area contributed by atoms with Crippen molar-refractivity contribution in [2.24, 2.45) is 0 Å². The Bertz CT molecular complexity index is 882. The van der Waals surface area contributed by atoms with Gasteiger partial charge in [-0.15, -0.1) is 0 Å². The fourth-order valence-corrected chi connectivity index (χ4v) is 3.13. The number of hydrogen-bond acceptors (Lipinski definition) is 4. The Kier molecular flexibility index (Phi) is 8.46. The second kappa shape index (κ2) is 11.8. The van der Waals surface area contributed by atoms with Crippen LogP contribution in [0.5, 0.6) is 17.2 Å². The highest BCUT2D eigenvalue weighted by Gasteiger charge is 2.09. The van der Waals surface area contributed by atoms with Crippen LogP contribution in [0.15, 0.2) is 78.9 Å². The second-order valence-electron chi connectivity index (χ2n) is 7.16. The van der Waals surface area contributed by atoms with Gasteiger partial charge in [-0.05, 0) is 48.2 Å². The minimum atomic E-state index is 0.494. The highest BCUT2D eigenvalue weighted by atomic mass is 16.5. The third-order valence-electron chi connectivity index (χ3n) is 4.95. The van der Waals surface area contributed by atoms with Gasteiger partial charge in [0.15, 0.2) is 0 Å². The summed E-state index contributed by atoms with van der Waals surface area (Å²) < 4.78 is 17.5. The molecule has 3 aromatic carbocycles. The summed E-state index contributed by atoms with van der Waals surface area (Å²) in [5.41, 5.74) is 2.28. The molecule has 0 saturated carbocycles. The van der Waals surface area contributed by atoms with E-state index in [-0.39, 0.29) is 0 Å². The summed E-state index contributed by atoms with van der Waals surface area (Å²) in [4.78, 5) is 0. The van der Waals surface area contributed by atoms with Crippen molar-refractivity contribution in [2.75, 3.05) is 31.7 Å². The molecule has 3 aromatic rings. The molecule has 158 valence electrons. The molecular weight excluding hydrogens is 374 g/mol. The summed E-state index contributed by atoms with van der Waals surface area (Å²) in [5.74, 6) is 3.14. The van der Waals surface area contributed by atoms with Gasteiger partial charge in [0.2, 0.25) is 0 Å². The van der Waals surface area contributed by atoms with E-state index in [0.29, 0.717) is 25.7 Å². The summed E-state index contributed by atoms with van der Waals surface area (Å²) in [6.45, 7) is 6.75. The molecule has 0 aliphatic carbocycles. The predicted octanol–water partition coefficient (Wildman–Crippen LogP) is 6.15. The van der Waals surface area contributed by atoms with Gasteiger partial charge in [-0.3, -0.25) is 0 Å². The summed E-state index contributed by atoms with van der Waals surface area (Å²) in [7, 11) is 0. The van der Waals surface area contributed by atoms with E-state index in [1.54, 1.807) is 0 Å². The van der Waals surface area contributed by atoms with Crippen molar-refractivity contribution in [3.63, 3.8) is 0 Å². The minimum absolute atomic E-state index is 0.494. The van der Waals surface area contributed by atoms with Gasteiger partial charge in [0.1, 0.15) is 37.1 Å². The SMILES string of the molecule is CC[C@@H](C)c1ccccc1OCCNc1cccc(OCCOc2ccccc2)c1. The number of anilines is 1. The van der Waals surface area contributed by atoms with Crippen LogP contribution < -0.4 is 19.5 Å². The summed E-state index contributed by atoms with van der Waals surface area (Å²) in [5, 5.41) is 3.40. The lowest BCUT2D eigenvalue weighted by atomic mass is 9.98. The van der Waals surface area contributed by atoms with Gasteiger partial charge in [-0.1, -0.05) is 56.3 Å². The van der Waals surface area contributed by atoms with E-state index in [0.717, 1.165) is 35.9 Å². The molecule has 0 aromatic heterocycles. The summed E-state index contributed by atoms with van der Waals surface area (Å²) in [6.07, 6.45) is 1.10. The first-order valence-electron chi connectivity index (χ1n) is 10.6. The normalized spacial score (nSPS) is 11.5. The van der Waals surface area contributed by atoms with E-state index >= 15 is 0 Å². The summed E-state index contributed by atoms with van der Waals surface area (Å²) in [6, 6.07) is 26.0. The lowest BCUT2D eigenvalue weighted by molar-refractivity contribution is 0.217. The van der Waals surface area contributed by atoms with Crippen LogP contribution in [-0.4, -0.2) is 26.4 Å². The van der Waals surface area contributed by atoms with Gasteiger partial charge in [-0.2, -0.15) is 0 Å². The fourth-order valence-electron chi connectivity index (χ4n) is 3.13. The second-order valence-corrected chi connectivity index (χ2v) is 7.16. The molecule has 0 unspecified atom stereocenters. The van der Waals surface area contributed by atoms with Crippen LogP contribution in [-0.2, 0) is 0 Å². The zero-order chi connectivity index (χ0) is 21.0. The number of para-hydroxylation sites is 2. The van der Waals surface area contributed by atoms with Crippen molar-refractivity contribution in [1.82, 2.24) is 0 Å². The molecule has 1 N–H and O–H groups in total. The zero-order valence-electron chi connectivity index (χ0n) is 17.8. The minimum Gasteiger partial charge on any atom is -0.491 e. The largest absolute Gasteiger partial charge is 0.491 e. The third-order valence-corrected chi connectivity index (χ3v) is 4.95. The van der Waals surface area contributed by atoms with Crippen LogP contribution in [0.3, 0.4) is 0 Å². The van der Waals surface area contributed by atoms with Crippen molar-refractivity contribution < 1.29 is 14.2 Å². The lowest BCUT2D eigenvalue weighted by Crippen LogP contribution is -2.13. The van der Waals surface area contributed by atoms with E-state index in [2.05, 4.69) is 31.3 Å². The van der Waals surface area contributed by atoms with Crippen molar-refractivity contribution >= 4 is 5.69 Å². The maximum atomic E-state index is 6.02. The first-order chi connectivity index (χ1) is 14.8. The van der Waals surface area contributed by atoms with Gasteiger partial charge in [-0.25, -0.2) is 0 Å². The number of ether oxygens (including phenoxy) is 3. The average molecular weight is 406 g/mol. The Morgan fingerprint density at radius 1 is 0.733 bits per heavy atom. The van der Waals surface area contributed by atoms with Crippen LogP contribution >= 0.6 is 0 Å². The molecule has 30 heavy (non-hydrogen) atoms. The lowest BCUT2D eigenvalue weighted by Gasteiger charge is -2.16. The van der Waals surface area contributed by atoms with Crippen molar-refractivity contribution in [3.8, 4) is 17.2 Å². The van der Waals surface area contributed by atoms with E-state index in [1.165, 1.54) is 5.56 Å². The van der Waals surface area contributed by atoms with Crippen LogP contribution in [0.25, 0.3) is 0 Å². The van der Waals surface area contributed by atoms with E-state index in [4.69, 9.17) is 14.2 Å². The van der Waals surface area contributed by atoms with Crippen molar-refractivity contribution in [1.29, 1.82) is 0 Å². The zero-order valence-corrected chi connectivity index (χ0v) is 17.8. The molecule has 0 radical (unpaired) electrons. The molecule has 0 amide bonds. The molecule has 0 spiro atoms. The molecule has 4 nitrogen and oxygen atoms in total.